The van der Waals surface area contributed by atoms with Crippen LogP contribution in [0.25, 0.3) is 5.69 Å². The van der Waals surface area contributed by atoms with Crippen LogP contribution in [0.15, 0.2) is 47.7 Å². The topological polar surface area (TPSA) is 68.2 Å². The van der Waals surface area contributed by atoms with E-state index in [2.05, 4.69) is 15.4 Å². The highest BCUT2D eigenvalue weighted by Gasteiger charge is 2.21. The Hall–Kier alpha value is -1.57. The zero-order chi connectivity index (χ0) is 13.1. The highest BCUT2D eigenvalue weighted by atomic mass is 127. The fourth-order valence-electron chi connectivity index (χ4n) is 1.83. The number of nitrogens with zero attached hydrogens (tertiary/aromatic N) is 3. The summed E-state index contributed by atoms with van der Waals surface area (Å²) in [7, 11) is 0. The van der Waals surface area contributed by atoms with Crippen LogP contribution in [0.3, 0.4) is 0 Å². The van der Waals surface area contributed by atoms with Gasteiger partial charge in [-0.2, -0.15) is 5.10 Å². The molecule has 0 atom stereocenters. The Morgan fingerprint density at radius 2 is 2.10 bits per heavy atom. The summed E-state index contributed by atoms with van der Waals surface area (Å²) in [5.74, 6) is 0.540. The molecule has 106 valence electrons. The summed E-state index contributed by atoms with van der Waals surface area (Å²) in [5.41, 5.74) is 7.97. The third-order valence-electron chi connectivity index (χ3n) is 3.07. The number of aliphatic imine (C=N–C) groups is 1. The smallest absolute Gasteiger partial charge is 0.189 e. The zero-order valence-corrected chi connectivity index (χ0v) is 13.4. The molecule has 1 saturated carbocycles. The summed E-state index contributed by atoms with van der Waals surface area (Å²) in [4.78, 5) is 4.33. The van der Waals surface area contributed by atoms with Crippen molar-refractivity contribution in [2.45, 2.75) is 25.4 Å². The number of benzene rings is 1. The number of nitrogens with two attached hydrogens (primary N) is 1. The molecular formula is C14H18IN5. The lowest BCUT2D eigenvalue weighted by Gasteiger charge is -2.04. The first-order chi connectivity index (χ1) is 9.31. The fraction of sp³-hybridized carbons (Fsp3) is 0.286. The molecule has 0 unspecified atom stereocenters. The average Bonchev–Trinajstić information content (AvgIpc) is 3.07. The van der Waals surface area contributed by atoms with Crippen LogP contribution in [-0.4, -0.2) is 21.8 Å². The summed E-state index contributed by atoms with van der Waals surface area (Å²) < 4.78 is 1.83. The quantitative estimate of drug-likeness (QED) is 0.483. The van der Waals surface area contributed by atoms with Gasteiger partial charge in [-0.3, -0.25) is 0 Å². The predicted octanol–water partition coefficient (Wildman–Crippen LogP) is 2.06. The standard InChI is InChI=1S/C14H17N5.HI/c15-14(18-12-4-5-12)16-10-11-2-6-13(7-3-11)19-9-1-8-17-19;/h1-3,6-9,12H,4-5,10H2,(H3,15,16,18);1H. The predicted molar refractivity (Wildman–Crippen MR) is 90.5 cm³/mol. The maximum atomic E-state index is 5.79. The van der Waals surface area contributed by atoms with E-state index in [0.29, 0.717) is 18.5 Å². The Labute approximate surface area is 135 Å². The first-order valence-corrected chi connectivity index (χ1v) is 6.47. The molecule has 1 aliphatic carbocycles. The maximum absolute atomic E-state index is 5.79. The summed E-state index contributed by atoms with van der Waals surface area (Å²) in [6, 6.07) is 10.6. The summed E-state index contributed by atoms with van der Waals surface area (Å²) >= 11 is 0. The van der Waals surface area contributed by atoms with Crippen LogP contribution in [0.4, 0.5) is 0 Å². The Morgan fingerprint density at radius 1 is 1.35 bits per heavy atom. The van der Waals surface area contributed by atoms with Crippen LogP contribution in [0.2, 0.25) is 0 Å². The van der Waals surface area contributed by atoms with Crippen LogP contribution in [-0.2, 0) is 6.54 Å². The molecule has 0 aliphatic heterocycles. The second-order valence-corrected chi connectivity index (χ2v) is 4.74. The third kappa shape index (κ3) is 3.96. The summed E-state index contributed by atoms with van der Waals surface area (Å²) in [6.07, 6.45) is 6.09. The van der Waals surface area contributed by atoms with E-state index in [1.807, 2.05) is 41.2 Å². The second kappa shape index (κ2) is 6.74. The van der Waals surface area contributed by atoms with E-state index in [0.717, 1.165) is 11.3 Å². The zero-order valence-electron chi connectivity index (χ0n) is 11.1. The molecule has 1 aromatic heterocycles. The number of aromatic nitrogens is 2. The molecule has 1 fully saturated rings. The number of hydrogen-bond acceptors (Lipinski definition) is 2. The van der Waals surface area contributed by atoms with Gasteiger partial charge in [-0.1, -0.05) is 12.1 Å². The normalized spacial score (nSPS) is 14.7. The summed E-state index contributed by atoms with van der Waals surface area (Å²) in [6.45, 7) is 0.602. The molecule has 1 aliphatic rings. The van der Waals surface area contributed by atoms with Gasteiger partial charge in [0.15, 0.2) is 5.96 Å². The molecule has 1 aromatic carbocycles. The lowest BCUT2D eigenvalue weighted by molar-refractivity contribution is 0.872. The molecular weight excluding hydrogens is 365 g/mol. The van der Waals surface area contributed by atoms with Crippen molar-refractivity contribution in [3.05, 3.63) is 48.3 Å². The van der Waals surface area contributed by atoms with Crippen LogP contribution in [0.5, 0.6) is 0 Å². The SMILES string of the molecule is I.NC(=NCc1ccc(-n2cccn2)cc1)NC1CC1. The van der Waals surface area contributed by atoms with Gasteiger partial charge in [0.1, 0.15) is 0 Å². The minimum atomic E-state index is 0. The highest BCUT2D eigenvalue weighted by Crippen LogP contribution is 2.18. The Kier molecular flexibility index (Phi) is 4.99. The molecule has 0 radical (unpaired) electrons. The molecule has 3 N–H and O–H groups in total. The Bertz CT molecular complexity index is 558. The number of guanidine groups is 1. The molecule has 0 spiro atoms. The van der Waals surface area contributed by atoms with Crippen molar-refractivity contribution >= 4 is 29.9 Å². The van der Waals surface area contributed by atoms with Crippen molar-refractivity contribution in [1.29, 1.82) is 0 Å². The molecule has 20 heavy (non-hydrogen) atoms. The van der Waals surface area contributed by atoms with E-state index in [9.17, 15) is 0 Å². The van der Waals surface area contributed by atoms with Crippen molar-refractivity contribution in [3.8, 4) is 5.69 Å². The van der Waals surface area contributed by atoms with Crippen molar-refractivity contribution in [1.82, 2.24) is 15.1 Å². The molecule has 0 bridgehead atoms. The van der Waals surface area contributed by atoms with E-state index in [1.165, 1.54) is 12.8 Å². The van der Waals surface area contributed by atoms with Crippen molar-refractivity contribution in [3.63, 3.8) is 0 Å². The minimum Gasteiger partial charge on any atom is -0.370 e. The van der Waals surface area contributed by atoms with Crippen LogP contribution < -0.4 is 11.1 Å². The maximum Gasteiger partial charge on any atom is 0.189 e. The lowest BCUT2D eigenvalue weighted by atomic mass is 10.2. The largest absolute Gasteiger partial charge is 0.370 e. The number of nitrogens with one attached hydrogen (secondary N) is 1. The van der Waals surface area contributed by atoms with Gasteiger partial charge < -0.3 is 11.1 Å². The Morgan fingerprint density at radius 3 is 2.70 bits per heavy atom. The van der Waals surface area contributed by atoms with Gasteiger partial charge in [-0.05, 0) is 36.6 Å². The van der Waals surface area contributed by atoms with Crippen LogP contribution in [0.1, 0.15) is 18.4 Å². The van der Waals surface area contributed by atoms with Crippen LogP contribution >= 0.6 is 24.0 Å². The second-order valence-electron chi connectivity index (χ2n) is 4.74. The van der Waals surface area contributed by atoms with E-state index in [-0.39, 0.29) is 24.0 Å². The molecule has 6 heteroatoms. The number of halogens is 1. The molecule has 3 rings (SSSR count). The molecule has 1 heterocycles. The van der Waals surface area contributed by atoms with Gasteiger partial charge in [0.05, 0.1) is 12.2 Å². The van der Waals surface area contributed by atoms with Crippen LogP contribution in [0, 0.1) is 0 Å². The average molecular weight is 383 g/mol. The number of rotatable bonds is 4. The molecule has 2 aromatic rings. The highest BCUT2D eigenvalue weighted by molar-refractivity contribution is 14.0. The van der Waals surface area contributed by atoms with E-state index in [1.54, 1.807) is 6.20 Å². The first-order valence-electron chi connectivity index (χ1n) is 6.47. The lowest BCUT2D eigenvalue weighted by Crippen LogP contribution is -2.33. The summed E-state index contributed by atoms with van der Waals surface area (Å²) in [5, 5.41) is 7.36. The van der Waals surface area contributed by atoms with Gasteiger partial charge in [-0.15, -0.1) is 24.0 Å². The van der Waals surface area contributed by atoms with E-state index in [4.69, 9.17) is 5.73 Å². The van der Waals surface area contributed by atoms with Gasteiger partial charge in [0.25, 0.3) is 0 Å². The van der Waals surface area contributed by atoms with Crippen molar-refractivity contribution in [2.75, 3.05) is 0 Å². The number of hydrogen-bond donors (Lipinski definition) is 2. The van der Waals surface area contributed by atoms with Crippen molar-refractivity contribution in [2.24, 2.45) is 10.7 Å². The minimum absolute atomic E-state index is 0. The Balaban J connectivity index is 0.00000147. The van der Waals surface area contributed by atoms with Gasteiger partial charge in [-0.25, -0.2) is 9.67 Å². The van der Waals surface area contributed by atoms with Gasteiger partial charge >= 0.3 is 0 Å². The monoisotopic (exact) mass is 383 g/mol. The first kappa shape index (κ1) is 14.8. The fourth-order valence-corrected chi connectivity index (χ4v) is 1.83. The molecule has 0 amide bonds. The molecule has 5 nitrogen and oxygen atoms in total. The van der Waals surface area contributed by atoms with E-state index >= 15 is 0 Å². The van der Waals surface area contributed by atoms with Crippen molar-refractivity contribution < 1.29 is 0 Å². The van der Waals surface area contributed by atoms with E-state index < -0.39 is 0 Å². The molecule has 0 saturated heterocycles. The third-order valence-corrected chi connectivity index (χ3v) is 3.07. The van der Waals surface area contributed by atoms with Gasteiger partial charge in [0.2, 0.25) is 0 Å². The van der Waals surface area contributed by atoms with Gasteiger partial charge in [0, 0.05) is 18.4 Å².